The molecule has 0 radical (unpaired) electrons. The van der Waals surface area contributed by atoms with Crippen LogP contribution in [0.4, 0.5) is 15.8 Å². The molecule has 1 atom stereocenters. The Hall–Kier alpha value is -3.29. The molecule has 2 aliphatic rings. The second-order valence-corrected chi connectivity index (χ2v) is 6.74. The number of alkyl halides is 1. The Morgan fingerprint density at radius 3 is 2.74 bits per heavy atom. The van der Waals surface area contributed by atoms with E-state index in [2.05, 4.69) is 15.1 Å². The fourth-order valence-corrected chi connectivity index (χ4v) is 3.56. The van der Waals surface area contributed by atoms with Crippen molar-refractivity contribution in [3.63, 3.8) is 0 Å². The molecule has 0 spiro atoms. The summed E-state index contributed by atoms with van der Waals surface area (Å²) in [6.45, 7) is 1.53. The van der Waals surface area contributed by atoms with Crippen LogP contribution < -0.4 is 9.80 Å². The number of hydrogen-bond acceptors (Lipinski definition) is 5. The monoisotopic (exact) mass is 364 g/mol. The summed E-state index contributed by atoms with van der Waals surface area (Å²) in [5.74, 6) is 0.539. The minimum atomic E-state index is -0.771. The van der Waals surface area contributed by atoms with Gasteiger partial charge in [-0.05, 0) is 30.7 Å². The Balaban J connectivity index is 1.37. The van der Waals surface area contributed by atoms with Gasteiger partial charge in [-0.25, -0.2) is 14.1 Å². The lowest BCUT2D eigenvalue weighted by atomic mass is 10.3. The molecule has 7 nitrogen and oxygen atoms in total. The number of aromatic nitrogens is 4. The highest BCUT2D eigenvalue weighted by Gasteiger charge is 2.32. The number of nitrogens with zero attached hydrogens (tertiary/aromatic N) is 6. The van der Waals surface area contributed by atoms with E-state index < -0.39 is 6.17 Å². The van der Waals surface area contributed by atoms with Crippen LogP contribution in [0.15, 0.2) is 49.1 Å². The van der Waals surface area contributed by atoms with Crippen LogP contribution in [-0.4, -0.2) is 44.9 Å². The van der Waals surface area contributed by atoms with Crippen LogP contribution in [0.3, 0.4) is 0 Å². The smallest absolute Gasteiger partial charge is 0.262 e. The van der Waals surface area contributed by atoms with Crippen LogP contribution in [0.1, 0.15) is 22.5 Å². The molecule has 1 fully saturated rings. The van der Waals surface area contributed by atoms with Crippen molar-refractivity contribution in [2.45, 2.75) is 19.1 Å². The first-order valence-electron chi connectivity index (χ1n) is 8.85. The Bertz CT molecular complexity index is 987. The van der Waals surface area contributed by atoms with E-state index in [-0.39, 0.29) is 5.91 Å². The highest BCUT2D eigenvalue weighted by molar-refractivity contribution is 6.09. The number of hydrogen-bond donors (Lipinski definition) is 0. The Labute approximate surface area is 155 Å². The molecule has 0 saturated carbocycles. The molecule has 0 aromatic carbocycles. The van der Waals surface area contributed by atoms with E-state index in [0.29, 0.717) is 37.4 Å². The molecule has 3 aromatic heterocycles. The average Bonchev–Trinajstić information content (AvgIpc) is 3.39. The molecule has 1 saturated heterocycles. The summed E-state index contributed by atoms with van der Waals surface area (Å²) in [4.78, 5) is 24.8. The molecule has 8 heteroatoms. The van der Waals surface area contributed by atoms with Crippen LogP contribution >= 0.6 is 0 Å². The summed E-state index contributed by atoms with van der Waals surface area (Å²) in [6, 6.07) is 7.41. The summed E-state index contributed by atoms with van der Waals surface area (Å²) in [7, 11) is 0. The number of carbonyl (C=O) groups is 1. The fourth-order valence-electron chi connectivity index (χ4n) is 3.56. The van der Waals surface area contributed by atoms with Crippen molar-refractivity contribution in [3.05, 3.63) is 60.3 Å². The van der Waals surface area contributed by atoms with E-state index in [9.17, 15) is 9.18 Å². The van der Waals surface area contributed by atoms with Crippen LogP contribution in [0.2, 0.25) is 0 Å². The number of rotatable bonds is 3. The van der Waals surface area contributed by atoms with Gasteiger partial charge in [0.05, 0.1) is 41.6 Å². The third kappa shape index (κ3) is 2.73. The second-order valence-electron chi connectivity index (χ2n) is 6.74. The van der Waals surface area contributed by atoms with E-state index in [1.54, 1.807) is 40.4 Å². The molecule has 1 amide bonds. The Morgan fingerprint density at radius 1 is 1.15 bits per heavy atom. The second kappa shape index (κ2) is 6.15. The van der Waals surface area contributed by atoms with Crippen molar-refractivity contribution in [1.82, 2.24) is 19.7 Å². The van der Waals surface area contributed by atoms with Gasteiger partial charge in [-0.3, -0.25) is 9.78 Å². The standard InChI is InChI=1S/C19H17FN6O/c20-13-5-7-24(10-13)14-3-4-18(22-9-14)26-11-16-17(23-26)12-25(19(16)27)15-2-1-6-21-8-15/h1-4,6,8-9,11,13H,5,7,10,12H2/t13-/m0/s1. The zero-order valence-corrected chi connectivity index (χ0v) is 14.5. The molecule has 27 heavy (non-hydrogen) atoms. The van der Waals surface area contributed by atoms with Gasteiger partial charge in [-0.15, -0.1) is 0 Å². The van der Waals surface area contributed by atoms with Gasteiger partial charge in [-0.1, -0.05) is 0 Å². The minimum Gasteiger partial charge on any atom is -0.367 e. The quantitative estimate of drug-likeness (QED) is 0.714. The molecule has 0 unspecified atom stereocenters. The third-order valence-corrected chi connectivity index (χ3v) is 4.99. The van der Waals surface area contributed by atoms with Crippen molar-refractivity contribution in [2.75, 3.05) is 22.9 Å². The summed E-state index contributed by atoms with van der Waals surface area (Å²) in [5, 5.41) is 4.52. The van der Waals surface area contributed by atoms with Crippen molar-refractivity contribution in [2.24, 2.45) is 0 Å². The van der Waals surface area contributed by atoms with E-state index in [4.69, 9.17) is 0 Å². The largest absolute Gasteiger partial charge is 0.367 e. The predicted molar refractivity (Wildman–Crippen MR) is 97.8 cm³/mol. The average molecular weight is 364 g/mol. The zero-order chi connectivity index (χ0) is 18.4. The topological polar surface area (TPSA) is 67.2 Å². The SMILES string of the molecule is O=C1c2cn(-c3ccc(N4CC[C@H](F)C4)cn3)nc2CN1c1cccnc1. The summed E-state index contributed by atoms with van der Waals surface area (Å²) < 4.78 is 15.0. The Kier molecular flexibility index (Phi) is 3.63. The molecular formula is C19H17FN6O. The molecule has 0 bridgehead atoms. The van der Waals surface area contributed by atoms with Gasteiger partial charge in [0, 0.05) is 25.5 Å². The molecule has 0 N–H and O–H groups in total. The van der Waals surface area contributed by atoms with E-state index in [1.807, 2.05) is 23.1 Å². The van der Waals surface area contributed by atoms with Gasteiger partial charge in [0.25, 0.3) is 5.91 Å². The van der Waals surface area contributed by atoms with Gasteiger partial charge in [-0.2, -0.15) is 5.10 Å². The van der Waals surface area contributed by atoms with Gasteiger partial charge in [0.2, 0.25) is 0 Å². The lowest BCUT2D eigenvalue weighted by Crippen LogP contribution is -2.24. The van der Waals surface area contributed by atoms with Crippen LogP contribution in [0.5, 0.6) is 0 Å². The maximum absolute atomic E-state index is 13.4. The number of halogens is 1. The van der Waals surface area contributed by atoms with Gasteiger partial charge < -0.3 is 9.80 Å². The zero-order valence-electron chi connectivity index (χ0n) is 14.5. The van der Waals surface area contributed by atoms with Crippen LogP contribution in [-0.2, 0) is 6.54 Å². The lowest BCUT2D eigenvalue weighted by Gasteiger charge is -2.17. The summed E-state index contributed by atoms with van der Waals surface area (Å²) in [5.41, 5.74) is 2.95. The van der Waals surface area contributed by atoms with E-state index >= 15 is 0 Å². The maximum Gasteiger partial charge on any atom is 0.262 e. The minimum absolute atomic E-state index is 0.0908. The summed E-state index contributed by atoms with van der Waals surface area (Å²) in [6.07, 6.45) is 6.57. The molecule has 136 valence electrons. The molecule has 5 heterocycles. The molecular weight excluding hydrogens is 347 g/mol. The first kappa shape index (κ1) is 15.9. The van der Waals surface area contributed by atoms with Crippen molar-refractivity contribution < 1.29 is 9.18 Å². The van der Waals surface area contributed by atoms with Crippen LogP contribution in [0, 0.1) is 0 Å². The molecule has 0 aliphatic carbocycles. The van der Waals surface area contributed by atoms with Crippen LogP contribution in [0.25, 0.3) is 5.82 Å². The number of amides is 1. The predicted octanol–water partition coefficient (Wildman–Crippen LogP) is 2.37. The molecule has 5 rings (SSSR count). The summed E-state index contributed by atoms with van der Waals surface area (Å²) >= 11 is 0. The normalized spacial score (nSPS) is 19.0. The van der Waals surface area contributed by atoms with Crippen molar-refractivity contribution in [3.8, 4) is 5.82 Å². The van der Waals surface area contributed by atoms with Crippen molar-refractivity contribution >= 4 is 17.3 Å². The third-order valence-electron chi connectivity index (χ3n) is 4.99. The number of anilines is 2. The number of fused-ring (bicyclic) bond motifs is 1. The van der Waals surface area contributed by atoms with Gasteiger partial charge >= 0.3 is 0 Å². The maximum atomic E-state index is 13.4. The first-order valence-corrected chi connectivity index (χ1v) is 8.85. The molecule has 2 aliphatic heterocycles. The van der Waals surface area contributed by atoms with Gasteiger partial charge in [0.1, 0.15) is 6.17 Å². The fraction of sp³-hybridized carbons (Fsp3) is 0.263. The highest BCUT2D eigenvalue weighted by Crippen LogP contribution is 2.28. The van der Waals surface area contributed by atoms with Gasteiger partial charge in [0.15, 0.2) is 5.82 Å². The molecule has 3 aromatic rings. The Morgan fingerprint density at radius 2 is 2.07 bits per heavy atom. The number of pyridine rings is 2. The number of carbonyl (C=O) groups excluding carboxylic acids is 1. The lowest BCUT2D eigenvalue weighted by molar-refractivity contribution is 0.0996. The first-order chi connectivity index (χ1) is 13.2. The highest BCUT2D eigenvalue weighted by atomic mass is 19.1. The van der Waals surface area contributed by atoms with E-state index in [1.165, 1.54) is 0 Å². The van der Waals surface area contributed by atoms with E-state index in [0.717, 1.165) is 17.1 Å². The van der Waals surface area contributed by atoms with Crippen molar-refractivity contribution in [1.29, 1.82) is 0 Å².